The van der Waals surface area contributed by atoms with Gasteiger partial charge < -0.3 is 20.5 Å². The maximum Gasteiger partial charge on any atom is 0.325 e. The minimum atomic E-state index is -0.671. The number of rotatable bonds is 11. The number of phenolic OH excluding ortho intramolecular Hbond substituents is 1. The van der Waals surface area contributed by atoms with Gasteiger partial charge in [-0.3, -0.25) is 19.3 Å². The van der Waals surface area contributed by atoms with Crippen molar-refractivity contribution in [3.8, 4) is 5.75 Å². The maximum atomic E-state index is 13.5. The topological polar surface area (TPSA) is 108 Å². The zero-order valence-electron chi connectivity index (χ0n) is 23.7. The molecule has 0 aromatic heterocycles. The second kappa shape index (κ2) is 13.9. The minimum absolute atomic E-state index is 0.145. The molecular formula is C33H39N3O5. The molecule has 1 aliphatic rings. The number of amides is 2. The van der Waals surface area contributed by atoms with Crippen molar-refractivity contribution in [1.29, 1.82) is 0 Å². The third-order valence-corrected chi connectivity index (χ3v) is 8.14. The highest BCUT2D eigenvalue weighted by atomic mass is 16.5. The second-order valence-corrected chi connectivity index (χ2v) is 11.0. The third-order valence-electron chi connectivity index (χ3n) is 8.14. The SMILES string of the molecule is CC1CN(C(Cc2ccccc2)C(=O)NCC(=O)OCC(=O)NCc2ccccc2)CCC1(C)c1cccc(O)c1. The maximum absolute atomic E-state index is 13.5. The van der Waals surface area contributed by atoms with Gasteiger partial charge in [-0.05, 0) is 59.5 Å². The Bertz CT molecular complexity index is 1320. The molecule has 0 spiro atoms. The fourth-order valence-electron chi connectivity index (χ4n) is 5.39. The molecule has 3 N–H and O–H groups in total. The minimum Gasteiger partial charge on any atom is -0.508 e. The first-order chi connectivity index (χ1) is 19.7. The van der Waals surface area contributed by atoms with Gasteiger partial charge in [0.05, 0.1) is 6.04 Å². The quantitative estimate of drug-likeness (QED) is 0.311. The molecule has 1 heterocycles. The number of aromatic hydroxyl groups is 1. The average Bonchev–Trinajstić information content (AvgIpc) is 2.99. The molecule has 8 heteroatoms. The van der Waals surface area contributed by atoms with Gasteiger partial charge >= 0.3 is 5.97 Å². The molecular weight excluding hydrogens is 518 g/mol. The van der Waals surface area contributed by atoms with Crippen LogP contribution in [0.2, 0.25) is 0 Å². The van der Waals surface area contributed by atoms with Crippen LogP contribution in [0.5, 0.6) is 5.75 Å². The second-order valence-electron chi connectivity index (χ2n) is 11.0. The molecule has 0 saturated carbocycles. The van der Waals surface area contributed by atoms with Crippen LogP contribution < -0.4 is 10.6 Å². The number of nitrogens with one attached hydrogen (secondary N) is 2. The first kappa shape index (κ1) is 29.8. The summed E-state index contributed by atoms with van der Waals surface area (Å²) in [5.41, 5.74) is 2.91. The fraction of sp³-hybridized carbons (Fsp3) is 0.364. The largest absolute Gasteiger partial charge is 0.508 e. The smallest absolute Gasteiger partial charge is 0.325 e. The Morgan fingerprint density at radius 3 is 2.32 bits per heavy atom. The van der Waals surface area contributed by atoms with E-state index in [2.05, 4.69) is 29.4 Å². The Hall–Kier alpha value is -4.17. The Labute approximate surface area is 241 Å². The number of carbonyl (C=O) groups excluding carboxylic acids is 3. The van der Waals surface area contributed by atoms with E-state index in [0.29, 0.717) is 26.1 Å². The van der Waals surface area contributed by atoms with Gasteiger partial charge in [0.15, 0.2) is 6.61 Å². The monoisotopic (exact) mass is 557 g/mol. The zero-order valence-corrected chi connectivity index (χ0v) is 23.7. The van der Waals surface area contributed by atoms with E-state index in [9.17, 15) is 19.5 Å². The van der Waals surface area contributed by atoms with Gasteiger partial charge in [-0.1, -0.05) is 86.6 Å². The molecule has 2 amide bonds. The first-order valence-electron chi connectivity index (χ1n) is 14.1. The van der Waals surface area contributed by atoms with Crippen LogP contribution in [-0.2, 0) is 37.5 Å². The zero-order chi connectivity index (χ0) is 29.2. The molecule has 3 aromatic rings. The van der Waals surface area contributed by atoms with E-state index < -0.39 is 24.5 Å². The molecule has 0 radical (unpaired) electrons. The van der Waals surface area contributed by atoms with E-state index in [1.165, 1.54) is 0 Å². The highest BCUT2D eigenvalue weighted by molar-refractivity contribution is 5.87. The first-order valence-corrected chi connectivity index (χ1v) is 14.1. The average molecular weight is 558 g/mol. The van der Waals surface area contributed by atoms with Gasteiger partial charge in [-0.2, -0.15) is 0 Å². The Morgan fingerprint density at radius 1 is 0.976 bits per heavy atom. The van der Waals surface area contributed by atoms with Crippen LogP contribution in [0.25, 0.3) is 0 Å². The lowest BCUT2D eigenvalue weighted by molar-refractivity contribution is -0.148. The molecule has 3 atom stereocenters. The van der Waals surface area contributed by atoms with Crippen LogP contribution in [0.15, 0.2) is 84.9 Å². The molecule has 216 valence electrons. The van der Waals surface area contributed by atoms with E-state index in [1.54, 1.807) is 6.07 Å². The molecule has 41 heavy (non-hydrogen) atoms. The molecule has 1 saturated heterocycles. The van der Waals surface area contributed by atoms with E-state index in [4.69, 9.17) is 4.74 Å². The summed E-state index contributed by atoms with van der Waals surface area (Å²) in [6.07, 6.45) is 1.31. The number of carbonyl (C=O) groups is 3. The van der Waals surface area contributed by atoms with Crippen molar-refractivity contribution in [1.82, 2.24) is 15.5 Å². The normalized spacial score (nSPS) is 19.6. The summed E-state index contributed by atoms with van der Waals surface area (Å²) in [6, 6.07) is 26.2. The molecule has 1 fully saturated rings. The highest BCUT2D eigenvalue weighted by Gasteiger charge is 2.41. The van der Waals surface area contributed by atoms with Gasteiger partial charge in [-0.15, -0.1) is 0 Å². The van der Waals surface area contributed by atoms with Crippen molar-refractivity contribution in [3.05, 3.63) is 102 Å². The summed E-state index contributed by atoms with van der Waals surface area (Å²) >= 11 is 0. The lowest BCUT2D eigenvalue weighted by atomic mass is 9.67. The Kier molecular flexibility index (Phi) is 10.1. The molecule has 1 aliphatic heterocycles. The van der Waals surface area contributed by atoms with E-state index in [1.807, 2.05) is 78.9 Å². The van der Waals surface area contributed by atoms with E-state index in [-0.39, 0.29) is 29.5 Å². The predicted octanol–water partition coefficient (Wildman–Crippen LogP) is 3.58. The van der Waals surface area contributed by atoms with Crippen molar-refractivity contribution >= 4 is 17.8 Å². The molecule has 0 aliphatic carbocycles. The van der Waals surface area contributed by atoms with Gasteiger partial charge in [0.1, 0.15) is 12.3 Å². The van der Waals surface area contributed by atoms with Crippen LogP contribution in [0.4, 0.5) is 0 Å². The Balaban J connectivity index is 1.33. The molecule has 3 unspecified atom stereocenters. The number of piperidine rings is 1. The summed E-state index contributed by atoms with van der Waals surface area (Å²) in [5, 5.41) is 15.5. The third kappa shape index (κ3) is 8.17. The van der Waals surface area contributed by atoms with Crippen LogP contribution in [0.3, 0.4) is 0 Å². The summed E-state index contributed by atoms with van der Waals surface area (Å²) < 4.78 is 5.09. The van der Waals surface area contributed by atoms with Gasteiger partial charge in [0.2, 0.25) is 5.91 Å². The fourth-order valence-corrected chi connectivity index (χ4v) is 5.39. The number of esters is 1. The lowest BCUT2D eigenvalue weighted by Gasteiger charge is -2.47. The molecule has 4 rings (SSSR count). The molecule has 3 aromatic carbocycles. The van der Waals surface area contributed by atoms with Gasteiger partial charge in [-0.25, -0.2) is 0 Å². The molecule has 0 bridgehead atoms. The van der Waals surface area contributed by atoms with Crippen molar-refractivity contribution in [3.63, 3.8) is 0 Å². The van der Waals surface area contributed by atoms with E-state index in [0.717, 1.165) is 23.1 Å². The van der Waals surface area contributed by atoms with Gasteiger partial charge in [0.25, 0.3) is 5.91 Å². The Morgan fingerprint density at radius 2 is 1.66 bits per heavy atom. The van der Waals surface area contributed by atoms with Crippen molar-refractivity contribution in [2.45, 2.75) is 44.7 Å². The number of likely N-dealkylation sites (tertiary alicyclic amines) is 1. The lowest BCUT2D eigenvalue weighted by Crippen LogP contribution is -2.56. The van der Waals surface area contributed by atoms with Crippen LogP contribution in [-0.4, -0.2) is 60.1 Å². The van der Waals surface area contributed by atoms with Crippen LogP contribution in [0, 0.1) is 5.92 Å². The van der Waals surface area contributed by atoms with Crippen LogP contribution in [0.1, 0.15) is 37.0 Å². The number of phenols is 1. The van der Waals surface area contributed by atoms with Crippen LogP contribution >= 0.6 is 0 Å². The summed E-state index contributed by atoms with van der Waals surface area (Å²) in [7, 11) is 0. The summed E-state index contributed by atoms with van der Waals surface area (Å²) in [5.74, 6) is -0.876. The number of hydrogen-bond donors (Lipinski definition) is 3. The van der Waals surface area contributed by atoms with Gasteiger partial charge in [0, 0.05) is 13.1 Å². The highest BCUT2D eigenvalue weighted by Crippen LogP contribution is 2.41. The summed E-state index contributed by atoms with van der Waals surface area (Å²) in [6.45, 7) is 5.37. The predicted molar refractivity (Wildman–Crippen MR) is 157 cm³/mol. The molecule has 8 nitrogen and oxygen atoms in total. The summed E-state index contributed by atoms with van der Waals surface area (Å²) in [4.78, 5) is 40.1. The standard InChI is InChI=1S/C33H39N3O5/c1-24-22-36(17-16-33(24,2)27-14-9-15-28(37)19-27)29(18-25-10-5-3-6-11-25)32(40)35-21-31(39)41-23-30(38)34-20-26-12-7-4-8-13-26/h3-15,19,24,29,37H,16-18,20-23H2,1-2H3,(H,34,38)(H,35,40). The number of hydrogen-bond acceptors (Lipinski definition) is 6. The van der Waals surface area contributed by atoms with E-state index >= 15 is 0 Å². The van der Waals surface area contributed by atoms with Crippen molar-refractivity contribution < 1.29 is 24.2 Å². The van der Waals surface area contributed by atoms with Crippen molar-refractivity contribution in [2.24, 2.45) is 5.92 Å². The number of nitrogens with zero attached hydrogens (tertiary/aromatic N) is 1. The number of benzene rings is 3. The van der Waals surface area contributed by atoms with Crippen molar-refractivity contribution in [2.75, 3.05) is 26.2 Å². The number of ether oxygens (including phenoxy) is 1.